The highest BCUT2D eigenvalue weighted by Crippen LogP contribution is 2.07. The summed E-state index contributed by atoms with van der Waals surface area (Å²) in [7, 11) is 0. The van der Waals surface area contributed by atoms with E-state index in [0.717, 1.165) is 17.7 Å². The summed E-state index contributed by atoms with van der Waals surface area (Å²) in [4.78, 5) is 7.34. The molecule has 1 heterocycles. The SMILES string of the molecule is CCc1[nH]c(CCOCC(F)F)nc(=S)c1C. The Hall–Kier alpha value is -0.880. The number of alkyl halides is 2. The van der Waals surface area contributed by atoms with Crippen LogP contribution in [-0.4, -0.2) is 29.6 Å². The molecule has 1 rings (SSSR count). The summed E-state index contributed by atoms with van der Waals surface area (Å²) in [6.07, 6.45) is -1.13. The number of nitrogens with one attached hydrogen (secondary N) is 1. The summed E-state index contributed by atoms with van der Waals surface area (Å²) in [5, 5.41) is 0. The number of rotatable bonds is 6. The second-order valence-electron chi connectivity index (χ2n) is 3.66. The first kappa shape index (κ1) is 14.2. The summed E-state index contributed by atoms with van der Waals surface area (Å²) < 4.78 is 29.0. The van der Waals surface area contributed by atoms with E-state index in [1.165, 1.54) is 0 Å². The predicted octanol–water partition coefficient (Wildman–Crippen LogP) is 2.83. The van der Waals surface area contributed by atoms with Crippen molar-refractivity contribution in [3.63, 3.8) is 0 Å². The number of aromatic amines is 1. The van der Waals surface area contributed by atoms with Crippen LogP contribution in [0.3, 0.4) is 0 Å². The van der Waals surface area contributed by atoms with Gasteiger partial charge in [-0.1, -0.05) is 19.1 Å². The fourth-order valence-corrected chi connectivity index (χ4v) is 1.68. The number of aryl methyl sites for hydroxylation is 1. The summed E-state index contributed by atoms with van der Waals surface area (Å²) in [6.45, 7) is 3.62. The zero-order valence-electron chi connectivity index (χ0n) is 9.93. The maximum atomic E-state index is 11.8. The van der Waals surface area contributed by atoms with E-state index in [4.69, 9.17) is 17.0 Å². The van der Waals surface area contributed by atoms with Crippen molar-refractivity contribution in [2.45, 2.75) is 33.1 Å². The Balaban J connectivity index is 2.60. The third kappa shape index (κ3) is 4.47. The van der Waals surface area contributed by atoms with E-state index in [2.05, 4.69) is 9.97 Å². The molecule has 0 saturated carbocycles. The normalized spacial score (nSPS) is 11.1. The zero-order chi connectivity index (χ0) is 12.8. The van der Waals surface area contributed by atoms with Crippen LogP contribution in [0.4, 0.5) is 8.78 Å². The molecule has 0 amide bonds. The molecule has 1 N–H and O–H groups in total. The lowest BCUT2D eigenvalue weighted by atomic mass is 10.2. The van der Waals surface area contributed by atoms with Crippen molar-refractivity contribution in [1.29, 1.82) is 0 Å². The first-order chi connectivity index (χ1) is 8.04. The van der Waals surface area contributed by atoms with Crippen molar-refractivity contribution in [1.82, 2.24) is 9.97 Å². The molecule has 0 bridgehead atoms. The van der Waals surface area contributed by atoms with Crippen LogP contribution in [-0.2, 0) is 17.6 Å². The molecule has 0 saturated heterocycles. The molecule has 17 heavy (non-hydrogen) atoms. The van der Waals surface area contributed by atoms with Crippen LogP contribution in [0.1, 0.15) is 24.0 Å². The highest BCUT2D eigenvalue weighted by Gasteiger charge is 2.05. The molecular formula is C11H16F2N2OS. The number of halogens is 2. The number of nitrogens with zero attached hydrogens (tertiary/aromatic N) is 1. The van der Waals surface area contributed by atoms with Gasteiger partial charge in [0.2, 0.25) is 0 Å². The maximum absolute atomic E-state index is 11.8. The van der Waals surface area contributed by atoms with E-state index in [1.54, 1.807) is 0 Å². The van der Waals surface area contributed by atoms with Crippen LogP contribution in [0.25, 0.3) is 0 Å². The van der Waals surface area contributed by atoms with Gasteiger partial charge in [-0.25, -0.2) is 13.8 Å². The quantitative estimate of drug-likeness (QED) is 0.633. The maximum Gasteiger partial charge on any atom is 0.261 e. The van der Waals surface area contributed by atoms with Crippen molar-refractivity contribution in [2.75, 3.05) is 13.2 Å². The van der Waals surface area contributed by atoms with Crippen molar-refractivity contribution in [2.24, 2.45) is 0 Å². The Morgan fingerprint density at radius 2 is 2.18 bits per heavy atom. The van der Waals surface area contributed by atoms with Gasteiger partial charge in [-0.3, -0.25) is 0 Å². The van der Waals surface area contributed by atoms with E-state index < -0.39 is 13.0 Å². The minimum Gasteiger partial charge on any atom is -0.375 e. The monoisotopic (exact) mass is 262 g/mol. The fourth-order valence-electron chi connectivity index (χ4n) is 1.44. The van der Waals surface area contributed by atoms with Crippen LogP contribution < -0.4 is 0 Å². The topological polar surface area (TPSA) is 37.9 Å². The molecule has 0 aromatic carbocycles. The van der Waals surface area contributed by atoms with E-state index >= 15 is 0 Å². The first-order valence-electron chi connectivity index (χ1n) is 5.49. The minimum absolute atomic E-state index is 0.217. The molecule has 0 aliphatic rings. The van der Waals surface area contributed by atoms with Crippen molar-refractivity contribution in [3.8, 4) is 0 Å². The summed E-state index contributed by atoms with van der Waals surface area (Å²) in [5.74, 6) is 0.687. The summed E-state index contributed by atoms with van der Waals surface area (Å²) in [5.41, 5.74) is 2.01. The lowest BCUT2D eigenvalue weighted by molar-refractivity contribution is 0.0182. The van der Waals surface area contributed by atoms with Gasteiger partial charge in [0.15, 0.2) is 0 Å². The van der Waals surface area contributed by atoms with Crippen LogP contribution in [0.15, 0.2) is 0 Å². The average molecular weight is 262 g/mol. The molecule has 0 fully saturated rings. The minimum atomic E-state index is -2.43. The van der Waals surface area contributed by atoms with Crippen LogP contribution in [0, 0.1) is 11.6 Å². The van der Waals surface area contributed by atoms with Gasteiger partial charge in [0.1, 0.15) is 17.1 Å². The Kier molecular flexibility index (Phi) is 5.64. The van der Waals surface area contributed by atoms with E-state index in [-0.39, 0.29) is 6.61 Å². The molecule has 3 nitrogen and oxygen atoms in total. The highest BCUT2D eigenvalue weighted by molar-refractivity contribution is 7.71. The fraction of sp³-hybridized carbons (Fsp3) is 0.636. The Labute approximate surface area is 104 Å². The standard InChI is InChI=1S/C11H16F2N2OS/c1-3-8-7(2)11(17)15-10(14-8)4-5-16-6-9(12)13/h9H,3-6H2,1-2H3,(H,14,15,17). The van der Waals surface area contributed by atoms with Gasteiger partial charge in [0, 0.05) is 17.7 Å². The molecule has 6 heteroatoms. The van der Waals surface area contributed by atoms with Crippen LogP contribution in [0.5, 0.6) is 0 Å². The van der Waals surface area contributed by atoms with E-state index in [0.29, 0.717) is 16.9 Å². The van der Waals surface area contributed by atoms with Crippen molar-refractivity contribution in [3.05, 3.63) is 21.7 Å². The Bertz CT molecular complexity index is 420. The van der Waals surface area contributed by atoms with Crippen molar-refractivity contribution >= 4 is 12.2 Å². The molecule has 1 aromatic rings. The molecule has 0 aliphatic heterocycles. The predicted molar refractivity (Wildman–Crippen MR) is 64.1 cm³/mol. The molecule has 0 spiro atoms. The highest BCUT2D eigenvalue weighted by atomic mass is 32.1. The Morgan fingerprint density at radius 1 is 1.47 bits per heavy atom. The molecular weight excluding hydrogens is 246 g/mol. The van der Waals surface area contributed by atoms with E-state index in [9.17, 15) is 8.78 Å². The molecule has 0 atom stereocenters. The first-order valence-corrected chi connectivity index (χ1v) is 5.90. The third-order valence-electron chi connectivity index (χ3n) is 2.39. The molecule has 96 valence electrons. The lowest BCUT2D eigenvalue weighted by Crippen LogP contribution is -2.10. The van der Waals surface area contributed by atoms with Gasteiger partial charge in [-0.2, -0.15) is 0 Å². The largest absolute Gasteiger partial charge is 0.375 e. The van der Waals surface area contributed by atoms with E-state index in [1.807, 2.05) is 13.8 Å². The van der Waals surface area contributed by atoms with Gasteiger partial charge in [0.05, 0.1) is 6.61 Å². The summed E-state index contributed by atoms with van der Waals surface area (Å²) in [6, 6.07) is 0. The number of ether oxygens (including phenoxy) is 1. The molecule has 0 unspecified atom stereocenters. The summed E-state index contributed by atoms with van der Waals surface area (Å²) >= 11 is 5.12. The van der Waals surface area contributed by atoms with Gasteiger partial charge >= 0.3 is 0 Å². The van der Waals surface area contributed by atoms with Crippen molar-refractivity contribution < 1.29 is 13.5 Å². The van der Waals surface area contributed by atoms with Gasteiger partial charge in [-0.15, -0.1) is 0 Å². The molecule has 1 aromatic heterocycles. The molecule has 0 radical (unpaired) electrons. The van der Waals surface area contributed by atoms with Gasteiger partial charge < -0.3 is 9.72 Å². The molecule has 0 aliphatic carbocycles. The second-order valence-corrected chi connectivity index (χ2v) is 4.05. The number of hydrogen-bond acceptors (Lipinski definition) is 3. The van der Waals surface area contributed by atoms with Crippen LogP contribution in [0.2, 0.25) is 0 Å². The van der Waals surface area contributed by atoms with Gasteiger partial charge in [-0.05, 0) is 13.3 Å². The second kappa shape index (κ2) is 6.76. The Morgan fingerprint density at radius 3 is 2.76 bits per heavy atom. The lowest BCUT2D eigenvalue weighted by Gasteiger charge is -2.08. The smallest absolute Gasteiger partial charge is 0.261 e. The number of H-pyrrole nitrogens is 1. The number of aromatic nitrogens is 2. The average Bonchev–Trinajstić information content (AvgIpc) is 2.28. The third-order valence-corrected chi connectivity index (χ3v) is 2.78. The zero-order valence-corrected chi connectivity index (χ0v) is 10.7. The number of hydrogen-bond donors (Lipinski definition) is 1. The van der Waals surface area contributed by atoms with Crippen LogP contribution >= 0.6 is 12.2 Å². The van der Waals surface area contributed by atoms with Gasteiger partial charge in [0.25, 0.3) is 6.43 Å².